The summed E-state index contributed by atoms with van der Waals surface area (Å²) in [4.78, 5) is 0. The smallest absolute Gasteiger partial charge is 0.112 e. The van der Waals surface area contributed by atoms with Crippen LogP contribution in [0.25, 0.3) is 0 Å². The topological polar surface area (TPSA) is 53.0 Å². The van der Waals surface area contributed by atoms with Gasteiger partial charge in [-0.15, -0.1) is 0 Å². The summed E-state index contributed by atoms with van der Waals surface area (Å²) in [5.74, 6) is 0. The molecular weight excluding hydrogens is 120 g/mol. The van der Waals surface area contributed by atoms with Gasteiger partial charge < -0.3 is 14.9 Å². The van der Waals surface area contributed by atoms with Gasteiger partial charge in [0.15, 0.2) is 0 Å². The van der Waals surface area contributed by atoms with Gasteiger partial charge in [0.25, 0.3) is 0 Å². The molecule has 2 aliphatic rings. The van der Waals surface area contributed by atoms with Crippen molar-refractivity contribution in [1.29, 1.82) is 0 Å². The number of aliphatic hydroxyl groups excluding tert-OH is 2. The summed E-state index contributed by atoms with van der Waals surface area (Å²) in [7, 11) is 0. The van der Waals surface area contributed by atoms with Crippen LogP contribution in [-0.4, -0.2) is 34.6 Å². The quantitative estimate of drug-likeness (QED) is 0.425. The minimum Gasteiger partial charge on any atom is -0.390 e. The molecule has 9 heavy (non-hydrogen) atoms. The second-order valence-electron chi connectivity index (χ2n) is 2.77. The van der Waals surface area contributed by atoms with E-state index < -0.39 is 12.2 Å². The van der Waals surface area contributed by atoms with Gasteiger partial charge in [-0.05, 0) is 12.8 Å². The van der Waals surface area contributed by atoms with Crippen LogP contribution < -0.4 is 0 Å². The predicted molar refractivity (Wildman–Crippen MR) is 29.9 cm³/mol. The third-order valence-electron chi connectivity index (χ3n) is 2.10. The first kappa shape index (κ1) is 5.65. The number of epoxide rings is 1. The van der Waals surface area contributed by atoms with Crippen LogP contribution in [0.4, 0.5) is 0 Å². The van der Waals surface area contributed by atoms with Crippen molar-refractivity contribution >= 4 is 0 Å². The third kappa shape index (κ3) is 0.764. The molecule has 0 aromatic carbocycles. The van der Waals surface area contributed by atoms with E-state index in [-0.39, 0.29) is 12.2 Å². The van der Waals surface area contributed by atoms with E-state index in [0.717, 1.165) is 6.42 Å². The zero-order chi connectivity index (χ0) is 6.43. The van der Waals surface area contributed by atoms with Crippen LogP contribution in [0, 0.1) is 0 Å². The maximum Gasteiger partial charge on any atom is 0.112 e. The van der Waals surface area contributed by atoms with Crippen LogP contribution in [0.5, 0.6) is 0 Å². The molecule has 0 unspecified atom stereocenters. The molecule has 1 saturated carbocycles. The van der Waals surface area contributed by atoms with Crippen LogP contribution >= 0.6 is 0 Å². The normalized spacial score (nSPS) is 56.7. The molecule has 0 aromatic rings. The fraction of sp³-hybridized carbons (Fsp3) is 1.00. The average Bonchev–Trinajstić information content (AvgIpc) is 2.58. The lowest BCUT2D eigenvalue weighted by Crippen LogP contribution is -2.35. The van der Waals surface area contributed by atoms with Crippen molar-refractivity contribution in [3.05, 3.63) is 0 Å². The summed E-state index contributed by atoms with van der Waals surface area (Å²) in [6, 6.07) is 0. The highest BCUT2D eigenvalue weighted by Crippen LogP contribution is 2.36. The van der Waals surface area contributed by atoms with E-state index in [4.69, 9.17) is 14.9 Å². The van der Waals surface area contributed by atoms with Crippen LogP contribution in [0.15, 0.2) is 0 Å². The van der Waals surface area contributed by atoms with Crippen molar-refractivity contribution in [2.45, 2.75) is 37.3 Å². The Kier molecular flexibility index (Phi) is 1.06. The molecule has 0 spiro atoms. The van der Waals surface area contributed by atoms with E-state index in [2.05, 4.69) is 0 Å². The van der Waals surface area contributed by atoms with Crippen LogP contribution in [-0.2, 0) is 4.74 Å². The van der Waals surface area contributed by atoms with Crippen molar-refractivity contribution < 1.29 is 14.9 Å². The molecule has 4 atom stereocenters. The van der Waals surface area contributed by atoms with Crippen LogP contribution in [0.3, 0.4) is 0 Å². The minimum absolute atomic E-state index is 0.0475. The van der Waals surface area contributed by atoms with Gasteiger partial charge >= 0.3 is 0 Å². The molecule has 1 heterocycles. The first-order valence-corrected chi connectivity index (χ1v) is 3.30. The number of rotatable bonds is 0. The van der Waals surface area contributed by atoms with Gasteiger partial charge in [-0.3, -0.25) is 0 Å². The Morgan fingerprint density at radius 1 is 1.22 bits per heavy atom. The lowest BCUT2D eigenvalue weighted by atomic mass is 9.95. The van der Waals surface area contributed by atoms with Gasteiger partial charge in [0.1, 0.15) is 12.2 Å². The molecule has 52 valence electrons. The molecule has 1 saturated heterocycles. The van der Waals surface area contributed by atoms with Crippen molar-refractivity contribution in [1.82, 2.24) is 0 Å². The molecule has 2 fully saturated rings. The third-order valence-corrected chi connectivity index (χ3v) is 2.10. The van der Waals surface area contributed by atoms with E-state index in [1.807, 2.05) is 0 Å². The first-order valence-electron chi connectivity index (χ1n) is 3.30. The summed E-state index contributed by atoms with van der Waals surface area (Å²) in [5, 5.41) is 18.2. The van der Waals surface area contributed by atoms with E-state index in [1.54, 1.807) is 0 Å². The van der Waals surface area contributed by atoms with Gasteiger partial charge in [-0.2, -0.15) is 0 Å². The van der Waals surface area contributed by atoms with E-state index in [1.165, 1.54) is 0 Å². The van der Waals surface area contributed by atoms with Crippen molar-refractivity contribution in [2.75, 3.05) is 0 Å². The second-order valence-corrected chi connectivity index (χ2v) is 2.77. The Balaban J connectivity index is 2.02. The number of fused-ring (bicyclic) bond motifs is 1. The van der Waals surface area contributed by atoms with Gasteiger partial charge in [0.05, 0.1) is 12.2 Å². The summed E-state index contributed by atoms with van der Waals surface area (Å²) in [5.41, 5.74) is 0. The van der Waals surface area contributed by atoms with E-state index in [9.17, 15) is 0 Å². The Bertz CT molecular complexity index is 123. The van der Waals surface area contributed by atoms with Gasteiger partial charge in [0, 0.05) is 0 Å². The largest absolute Gasteiger partial charge is 0.390 e. The van der Waals surface area contributed by atoms with Crippen molar-refractivity contribution in [2.24, 2.45) is 0 Å². The molecule has 1 aliphatic carbocycles. The summed E-state index contributed by atoms with van der Waals surface area (Å²) in [6.45, 7) is 0. The van der Waals surface area contributed by atoms with Crippen LogP contribution in [0.2, 0.25) is 0 Å². The zero-order valence-electron chi connectivity index (χ0n) is 5.03. The summed E-state index contributed by atoms with van der Waals surface area (Å²) < 4.78 is 5.05. The second kappa shape index (κ2) is 1.68. The van der Waals surface area contributed by atoms with Crippen LogP contribution in [0.1, 0.15) is 12.8 Å². The monoisotopic (exact) mass is 130 g/mol. The molecular formula is C6H10O3. The SMILES string of the molecule is O[C@@H]1[C@@H]2O[C@@H]2CC[C@H]1O. The molecule has 0 aromatic heterocycles. The van der Waals surface area contributed by atoms with Crippen molar-refractivity contribution in [3.8, 4) is 0 Å². The Hall–Kier alpha value is -0.120. The Labute approximate surface area is 53.3 Å². The lowest BCUT2D eigenvalue weighted by Gasteiger charge is -2.18. The fourth-order valence-electron chi connectivity index (χ4n) is 1.41. The minimum atomic E-state index is -0.622. The Morgan fingerprint density at radius 3 is 2.67 bits per heavy atom. The number of ether oxygens (including phenoxy) is 1. The van der Waals surface area contributed by atoms with E-state index >= 15 is 0 Å². The standard InChI is InChI=1S/C6H10O3/c7-3-1-2-4-6(9-4)5(3)8/h3-8H,1-2H2/t3-,4-,5+,6-/m1/s1. The molecule has 2 N–H and O–H groups in total. The molecule has 0 bridgehead atoms. The molecule has 0 amide bonds. The first-order chi connectivity index (χ1) is 4.29. The van der Waals surface area contributed by atoms with Crippen molar-refractivity contribution in [3.63, 3.8) is 0 Å². The van der Waals surface area contributed by atoms with Gasteiger partial charge in [-0.1, -0.05) is 0 Å². The average molecular weight is 130 g/mol. The fourth-order valence-corrected chi connectivity index (χ4v) is 1.41. The highest BCUT2D eigenvalue weighted by Gasteiger charge is 2.50. The Morgan fingerprint density at radius 2 is 2.00 bits per heavy atom. The molecule has 3 nitrogen and oxygen atoms in total. The summed E-state index contributed by atoms with van der Waals surface area (Å²) in [6.07, 6.45) is 0.625. The highest BCUT2D eigenvalue weighted by atomic mass is 16.6. The number of aliphatic hydroxyl groups is 2. The van der Waals surface area contributed by atoms with Gasteiger partial charge in [-0.25, -0.2) is 0 Å². The maximum absolute atomic E-state index is 9.11. The molecule has 3 heteroatoms. The van der Waals surface area contributed by atoms with E-state index in [0.29, 0.717) is 6.42 Å². The number of hydrogen-bond donors (Lipinski definition) is 2. The zero-order valence-corrected chi connectivity index (χ0v) is 5.03. The number of hydrogen-bond acceptors (Lipinski definition) is 3. The lowest BCUT2D eigenvalue weighted by molar-refractivity contribution is -0.00546. The molecule has 2 rings (SSSR count). The molecule has 1 aliphatic heterocycles. The highest BCUT2D eigenvalue weighted by molar-refractivity contribution is 4.98. The summed E-state index contributed by atoms with van der Waals surface area (Å²) >= 11 is 0. The van der Waals surface area contributed by atoms with Gasteiger partial charge in [0.2, 0.25) is 0 Å². The predicted octanol–water partition coefficient (Wildman–Crippen LogP) is -0.731. The molecule has 0 radical (unpaired) electrons. The maximum atomic E-state index is 9.11.